The highest BCUT2D eigenvalue weighted by molar-refractivity contribution is 5.73. The Kier molecular flexibility index (Phi) is 3.15. The molecule has 0 aliphatic heterocycles. The number of hydrogen-bond acceptors (Lipinski definition) is 1. The van der Waals surface area contributed by atoms with E-state index in [0.717, 1.165) is 0 Å². The number of carbonyl (C=O) groups is 1. The van der Waals surface area contributed by atoms with Gasteiger partial charge in [-0.2, -0.15) is 0 Å². The molecule has 0 saturated heterocycles. The van der Waals surface area contributed by atoms with Crippen molar-refractivity contribution in [3.8, 4) is 0 Å². The van der Waals surface area contributed by atoms with E-state index in [9.17, 15) is 9.18 Å². The van der Waals surface area contributed by atoms with Crippen molar-refractivity contribution in [3.63, 3.8) is 0 Å². The first-order valence-electron chi connectivity index (χ1n) is 2.55. The summed E-state index contributed by atoms with van der Waals surface area (Å²) in [5.74, 6) is -0.820. The first kappa shape index (κ1) is 7.40. The van der Waals surface area contributed by atoms with Gasteiger partial charge in [0.25, 0.3) is 0 Å². The summed E-state index contributed by atoms with van der Waals surface area (Å²) in [5.41, 5.74) is 6.33. The number of carbonyl (C=O) groups excluding carboxylic acids is 1. The molecular weight excluding hydrogens is 109 g/mol. The van der Waals surface area contributed by atoms with Crippen LogP contribution in [0.5, 0.6) is 0 Å². The van der Waals surface area contributed by atoms with Gasteiger partial charge >= 0.3 is 0 Å². The molecule has 47 valence electrons. The van der Waals surface area contributed by atoms with E-state index >= 15 is 0 Å². The van der Waals surface area contributed by atoms with Gasteiger partial charge in [0.1, 0.15) is 6.17 Å². The van der Waals surface area contributed by atoms with Gasteiger partial charge in [0, 0.05) is 0 Å². The summed E-state index contributed by atoms with van der Waals surface area (Å²) in [6, 6.07) is 0. The van der Waals surface area contributed by atoms with Crippen molar-refractivity contribution >= 4 is 5.91 Å². The topological polar surface area (TPSA) is 40.9 Å². The Balaban J connectivity index is 3.24. The van der Waals surface area contributed by atoms with Gasteiger partial charge in [-0.15, -0.1) is 0 Å². The molecule has 0 aliphatic rings. The molecule has 1 radical (unpaired) electrons. The molecule has 0 aliphatic carbocycles. The molecule has 0 aromatic carbocycles. The Morgan fingerprint density at radius 3 is 2.50 bits per heavy atom. The van der Waals surface area contributed by atoms with Gasteiger partial charge < -0.3 is 0 Å². The smallest absolute Gasteiger partial charge is 0.241 e. The Morgan fingerprint density at radius 2 is 2.38 bits per heavy atom. The third-order valence-corrected chi connectivity index (χ3v) is 0.850. The summed E-state index contributed by atoms with van der Waals surface area (Å²) in [6.07, 6.45) is -1.04. The molecule has 0 spiro atoms. The Bertz CT molecular complexity index is 84.5. The number of rotatable bonds is 3. The zero-order valence-electron chi connectivity index (χ0n) is 4.78. The fraction of sp³-hybridized carbons (Fsp3) is 0.800. The van der Waals surface area contributed by atoms with Crippen LogP contribution in [-0.4, -0.2) is 12.1 Å². The molecule has 1 unspecified atom stereocenters. The molecule has 0 bridgehead atoms. The lowest BCUT2D eigenvalue weighted by atomic mass is 10.2. The molecule has 8 heavy (non-hydrogen) atoms. The summed E-state index contributed by atoms with van der Waals surface area (Å²) >= 11 is 0. The predicted molar refractivity (Wildman–Crippen MR) is 27.9 cm³/mol. The SMILES string of the molecule is CCC(F)CC([NH])=O. The molecule has 2 nitrogen and oxygen atoms in total. The summed E-state index contributed by atoms with van der Waals surface area (Å²) in [7, 11) is 0. The molecule has 1 N–H and O–H groups in total. The van der Waals surface area contributed by atoms with Crippen LogP contribution in [-0.2, 0) is 4.79 Å². The second kappa shape index (κ2) is 3.41. The Labute approximate surface area is 47.9 Å². The molecule has 0 aromatic heterocycles. The number of amides is 1. The maximum absolute atomic E-state index is 12.0. The monoisotopic (exact) mass is 118 g/mol. The van der Waals surface area contributed by atoms with Crippen molar-refractivity contribution in [1.29, 1.82) is 0 Å². The van der Waals surface area contributed by atoms with Crippen molar-refractivity contribution in [3.05, 3.63) is 0 Å². The van der Waals surface area contributed by atoms with E-state index in [-0.39, 0.29) is 6.42 Å². The molecule has 0 fully saturated rings. The average molecular weight is 118 g/mol. The zero-order valence-corrected chi connectivity index (χ0v) is 4.78. The minimum atomic E-state index is -1.11. The lowest BCUT2D eigenvalue weighted by molar-refractivity contribution is -0.119. The zero-order chi connectivity index (χ0) is 6.57. The summed E-state index contributed by atoms with van der Waals surface area (Å²) in [4.78, 5) is 9.84. The van der Waals surface area contributed by atoms with Crippen LogP contribution in [0, 0.1) is 0 Å². The highest BCUT2D eigenvalue weighted by atomic mass is 19.1. The lowest BCUT2D eigenvalue weighted by Crippen LogP contribution is -2.07. The van der Waals surface area contributed by atoms with Gasteiger partial charge in [-0.25, -0.2) is 4.39 Å². The molecule has 0 aromatic rings. The van der Waals surface area contributed by atoms with Gasteiger partial charge in [0.05, 0.1) is 6.42 Å². The highest BCUT2D eigenvalue weighted by Gasteiger charge is 2.05. The molecule has 1 amide bonds. The normalized spacial score (nSPS) is 13.2. The second-order valence-electron chi connectivity index (χ2n) is 1.63. The van der Waals surface area contributed by atoms with Crippen LogP contribution >= 0.6 is 0 Å². The number of alkyl halides is 1. The summed E-state index contributed by atoms with van der Waals surface area (Å²) in [5, 5.41) is 0. The Morgan fingerprint density at radius 1 is 1.88 bits per heavy atom. The first-order valence-corrected chi connectivity index (χ1v) is 2.55. The van der Waals surface area contributed by atoms with E-state index in [1.165, 1.54) is 0 Å². The van der Waals surface area contributed by atoms with Crippen molar-refractivity contribution in [2.75, 3.05) is 0 Å². The number of hydrogen-bond donors (Lipinski definition) is 0. The van der Waals surface area contributed by atoms with Crippen molar-refractivity contribution in [2.24, 2.45) is 0 Å². The summed E-state index contributed by atoms with van der Waals surface area (Å²) < 4.78 is 12.0. The maximum atomic E-state index is 12.0. The van der Waals surface area contributed by atoms with E-state index < -0.39 is 12.1 Å². The predicted octanol–water partition coefficient (Wildman–Crippen LogP) is 0.934. The molecular formula is C5H9FNO. The van der Waals surface area contributed by atoms with Crippen LogP contribution in [0.4, 0.5) is 4.39 Å². The lowest BCUT2D eigenvalue weighted by Gasteiger charge is -1.97. The van der Waals surface area contributed by atoms with Gasteiger partial charge in [-0.3, -0.25) is 10.5 Å². The quantitative estimate of drug-likeness (QED) is 0.543. The molecule has 0 rings (SSSR count). The molecule has 0 heterocycles. The summed E-state index contributed by atoms with van der Waals surface area (Å²) in [6.45, 7) is 1.65. The largest absolute Gasteiger partial charge is 0.273 e. The van der Waals surface area contributed by atoms with Gasteiger partial charge in [-0.1, -0.05) is 6.92 Å². The van der Waals surface area contributed by atoms with E-state index in [4.69, 9.17) is 5.73 Å². The molecule has 1 atom stereocenters. The Hall–Kier alpha value is -0.600. The first-order chi connectivity index (χ1) is 3.66. The maximum Gasteiger partial charge on any atom is 0.241 e. The molecule has 0 saturated carbocycles. The highest BCUT2D eigenvalue weighted by Crippen LogP contribution is 2.00. The average Bonchev–Trinajstić information content (AvgIpc) is 1.65. The van der Waals surface area contributed by atoms with E-state index in [0.29, 0.717) is 6.42 Å². The third kappa shape index (κ3) is 3.59. The van der Waals surface area contributed by atoms with Crippen molar-refractivity contribution in [2.45, 2.75) is 25.9 Å². The van der Waals surface area contributed by atoms with E-state index in [1.54, 1.807) is 6.92 Å². The van der Waals surface area contributed by atoms with E-state index in [1.807, 2.05) is 0 Å². The third-order valence-electron chi connectivity index (χ3n) is 0.850. The van der Waals surface area contributed by atoms with Gasteiger partial charge in [-0.05, 0) is 6.42 Å². The van der Waals surface area contributed by atoms with Crippen molar-refractivity contribution in [1.82, 2.24) is 5.73 Å². The minimum absolute atomic E-state index is 0.253. The fourth-order valence-corrected chi connectivity index (χ4v) is 0.346. The van der Waals surface area contributed by atoms with Gasteiger partial charge in [0.15, 0.2) is 0 Å². The van der Waals surface area contributed by atoms with Crippen LogP contribution in [0.25, 0.3) is 0 Å². The van der Waals surface area contributed by atoms with Crippen molar-refractivity contribution < 1.29 is 9.18 Å². The van der Waals surface area contributed by atoms with E-state index in [2.05, 4.69) is 0 Å². The minimum Gasteiger partial charge on any atom is -0.273 e. The van der Waals surface area contributed by atoms with Crippen LogP contribution in [0.2, 0.25) is 0 Å². The van der Waals surface area contributed by atoms with Crippen LogP contribution < -0.4 is 5.73 Å². The molecule has 3 heteroatoms. The standard InChI is InChI=1S/C5H9FNO/c1-2-4(6)3-5(7)8/h4,7H,2-3H2,1H3. The van der Waals surface area contributed by atoms with Crippen LogP contribution in [0.3, 0.4) is 0 Å². The fourth-order valence-electron chi connectivity index (χ4n) is 0.346. The number of nitrogens with one attached hydrogen (secondary N) is 1. The second-order valence-corrected chi connectivity index (χ2v) is 1.63. The van der Waals surface area contributed by atoms with Gasteiger partial charge in [0.2, 0.25) is 5.91 Å². The van der Waals surface area contributed by atoms with Crippen LogP contribution in [0.1, 0.15) is 19.8 Å². The van der Waals surface area contributed by atoms with Crippen LogP contribution in [0.15, 0.2) is 0 Å². The number of halogens is 1.